The van der Waals surface area contributed by atoms with Crippen LogP contribution in [0.1, 0.15) is 17.1 Å². The van der Waals surface area contributed by atoms with Gasteiger partial charge in [-0.25, -0.2) is 4.98 Å². The van der Waals surface area contributed by atoms with Gasteiger partial charge in [0.05, 0.1) is 23.9 Å². The van der Waals surface area contributed by atoms with Crippen LogP contribution in [0.2, 0.25) is 5.02 Å². The topological polar surface area (TPSA) is 76.8 Å². The molecule has 1 N–H and O–H groups in total. The number of H-pyrrole nitrogens is 1. The smallest absolute Gasteiger partial charge is 0.141 e. The zero-order valence-corrected chi connectivity index (χ0v) is 19.9. The predicted molar refractivity (Wildman–Crippen MR) is 136 cm³/mol. The van der Waals surface area contributed by atoms with Gasteiger partial charge >= 0.3 is 0 Å². The summed E-state index contributed by atoms with van der Waals surface area (Å²) in [7, 11) is 1.68. The lowest BCUT2D eigenvalue weighted by Crippen LogP contribution is -1.91. The molecule has 0 amide bonds. The van der Waals surface area contributed by atoms with E-state index >= 15 is 0 Å². The van der Waals surface area contributed by atoms with Crippen LogP contribution in [0.4, 0.5) is 0 Å². The summed E-state index contributed by atoms with van der Waals surface area (Å²) >= 11 is 6.36. The lowest BCUT2D eigenvalue weighted by molar-refractivity contribution is 0.393. The standard InChI is InChI=1S/C27H21ClN4O2/c1-13-9-19(17-7-8-29-22-6-5-16(28)10-18(17)22)26-20-12-24(33-4)21(11-23(20)31-27(26)30-13)25-14(2)32-34-15(25)3/h5-12H,1-4H3,(H,30,31). The van der Waals surface area contributed by atoms with E-state index in [0.29, 0.717) is 5.02 Å². The van der Waals surface area contributed by atoms with Crippen LogP contribution >= 0.6 is 11.6 Å². The number of nitrogens with one attached hydrogen (secondary N) is 1. The molecule has 34 heavy (non-hydrogen) atoms. The molecule has 4 heterocycles. The maximum atomic E-state index is 6.36. The van der Waals surface area contributed by atoms with Gasteiger partial charge in [-0.05, 0) is 74.4 Å². The van der Waals surface area contributed by atoms with E-state index in [1.54, 1.807) is 7.11 Å². The van der Waals surface area contributed by atoms with Crippen molar-refractivity contribution < 1.29 is 9.26 Å². The number of pyridine rings is 2. The minimum atomic E-state index is 0.675. The van der Waals surface area contributed by atoms with E-state index in [0.717, 1.165) is 78.0 Å². The SMILES string of the molecule is COc1cc2c(cc1-c1c(C)noc1C)[nH]c1nc(C)cc(-c3ccnc4ccc(Cl)cc34)c12. The average molecular weight is 469 g/mol. The van der Waals surface area contributed by atoms with E-state index in [1.807, 2.05) is 51.2 Å². The minimum Gasteiger partial charge on any atom is -0.496 e. The van der Waals surface area contributed by atoms with Gasteiger partial charge in [-0.1, -0.05) is 16.8 Å². The number of hydrogen-bond donors (Lipinski definition) is 1. The number of nitrogens with zero attached hydrogens (tertiary/aromatic N) is 3. The summed E-state index contributed by atoms with van der Waals surface area (Å²) in [5.41, 5.74) is 8.39. The molecule has 0 unspecified atom stereocenters. The van der Waals surface area contributed by atoms with Gasteiger partial charge in [-0.2, -0.15) is 0 Å². The van der Waals surface area contributed by atoms with Gasteiger partial charge in [0.15, 0.2) is 0 Å². The van der Waals surface area contributed by atoms with Crippen LogP contribution in [-0.4, -0.2) is 27.2 Å². The molecule has 6 rings (SSSR count). The molecule has 0 aliphatic carbocycles. The Morgan fingerprint density at radius 1 is 0.941 bits per heavy atom. The number of benzene rings is 2. The highest BCUT2D eigenvalue weighted by Crippen LogP contribution is 2.42. The fraction of sp³-hybridized carbons (Fsp3) is 0.148. The molecule has 0 aliphatic heterocycles. The van der Waals surface area contributed by atoms with E-state index in [-0.39, 0.29) is 0 Å². The number of fused-ring (bicyclic) bond motifs is 4. The first-order chi connectivity index (χ1) is 16.4. The second kappa shape index (κ2) is 7.57. The minimum absolute atomic E-state index is 0.675. The van der Waals surface area contributed by atoms with Crippen LogP contribution in [-0.2, 0) is 0 Å². The molecule has 0 radical (unpaired) electrons. The van der Waals surface area contributed by atoms with Gasteiger partial charge < -0.3 is 14.2 Å². The van der Waals surface area contributed by atoms with Crippen molar-refractivity contribution in [2.45, 2.75) is 20.8 Å². The summed E-state index contributed by atoms with van der Waals surface area (Å²) in [5.74, 6) is 1.50. The van der Waals surface area contributed by atoms with Crippen LogP contribution in [0.3, 0.4) is 0 Å². The summed E-state index contributed by atoms with van der Waals surface area (Å²) in [6.07, 6.45) is 1.83. The Morgan fingerprint density at radius 2 is 1.79 bits per heavy atom. The van der Waals surface area contributed by atoms with Crippen molar-refractivity contribution in [3.8, 4) is 28.0 Å². The van der Waals surface area contributed by atoms with Gasteiger partial charge in [0, 0.05) is 44.2 Å². The lowest BCUT2D eigenvalue weighted by Gasteiger charge is -2.11. The molecule has 7 heteroatoms. The Balaban J connectivity index is 1.71. The maximum Gasteiger partial charge on any atom is 0.141 e. The number of halogens is 1. The molecule has 0 saturated carbocycles. The number of methoxy groups -OCH3 is 1. The van der Waals surface area contributed by atoms with Crippen LogP contribution in [0.15, 0.2) is 53.2 Å². The van der Waals surface area contributed by atoms with Gasteiger partial charge in [-0.15, -0.1) is 0 Å². The Kier molecular flexibility index (Phi) is 4.61. The van der Waals surface area contributed by atoms with Crippen molar-refractivity contribution >= 4 is 44.4 Å². The normalized spacial score (nSPS) is 11.7. The van der Waals surface area contributed by atoms with E-state index < -0.39 is 0 Å². The van der Waals surface area contributed by atoms with E-state index in [2.05, 4.69) is 33.3 Å². The summed E-state index contributed by atoms with van der Waals surface area (Å²) in [6, 6.07) is 14.1. The molecule has 4 aromatic heterocycles. The molecule has 0 atom stereocenters. The molecular formula is C27H21ClN4O2. The largest absolute Gasteiger partial charge is 0.496 e. The molecule has 0 bridgehead atoms. The van der Waals surface area contributed by atoms with Gasteiger partial charge in [0.25, 0.3) is 0 Å². The Bertz CT molecular complexity index is 1730. The fourth-order valence-electron chi connectivity index (χ4n) is 4.85. The fourth-order valence-corrected chi connectivity index (χ4v) is 5.02. The van der Waals surface area contributed by atoms with Crippen LogP contribution < -0.4 is 4.74 Å². The molecule has 0 fully saturated rings. The molecular weight excluding hydrogens is 448 g/mol. The first-order valence-corrected chi connectivity index (χ1v) is 11.3. The number of ether oxygens (including phenoxy) is 1. The first-order valence-electron chi connectivity index (χ1n) is 10.9. The van der Waals surface area contributed by atoms with Crippen LogP contribution in [0, 0.1) is 20.8 Å². The zero-order chi connectivity index (χ0) is 23.6. The molecule has 6 aromatic rings. The van der Waals surface area contributed by atoms with Crippen LogP contribution in [0.25, 0.3) is 55.1 Å². The Hall–Kier alpha value is -3.90. The molecule has 0 aliphatic rings. The van der Waals surface area contributed by atoms with E-state index in [1.165, 1.54) is 0 Å². The third-order valence-electron chi connectivity index (χ3n) is 6.31. The Morgan fingerprint density at radius 3 is 2.56 bits per heavy atom. The van der Waals surface area contributed by atoms with Crippen molar-refractivity contribution in [1.29, 1.82) is 0 Å². The van der Waals surface area contributed by atoms with Gasteiger partial charge in [0.1, 0.15) is 17.2 Å². The van der Waals surface area contributed by atoms with Crippen molar-refractivity contribution in [2.75, 3.05) is 7.11 Å². The molecule has 168 valence electrons. The number of aromatic amines is 1. The first kappa shape index (κ1) is 20.7. The molecule has 0 spiro atoms. The quantitative estimate of drug-likeness (QED) is 0.298. The number of rotatable bonds is 3. The highest BCUT2D eigenvalue weighted by molar-refractivity contribution is 6.31. The van der Waals surface area contributed by atoms with Crippen molar-refractivity contribution in [3.05, 3.63) is 70.8 Å². The predicted octanol–water partition coefficient (Wildman–Crippen LogP) is 7.17. The Labute approximate surface area is 200 Å². The third-order valence-corrected chi connectivity index (χ3v) is 6.54. The highest BCUT2D eigenvalue weighted by Gasteiger charge is 2.21. The highest BCUT2D eigenvalue weighted by atomic mass is 35.5. The molecule has 2 aromatic carbocycles. The molecule has 0 saturated heterocycles. The number of aromatic nitrogens is 4. The molecule has 6 nitrogen and oxygen atoms in total. The van der Waals surface area contributed by atoms with E-state index in [9.17, 15) is 0 Å². The summed E-state index contributed by atoms with van der Waals surface area (Å²) in [5, 5.41) is 7.84. The zero-order valence-electron chi connectivity index (χ0n) is 19.2. The second-order valence-electron chi connectivity index (χ2n) is 8.48. The van der Waals surface area contributed by atoms with Gasteiger partial charge in [-0.3, -0.25) is 4.98 Å². The summed E-state index contributed by atoms with van der Waals surface area (Å²) in [4.78, 5) is 12.9. The second-order valence-corrected chi connectivity index (χ2v) is 8.91. The van der Waals surface area contributed by atoms with Crippen molar-refractivity contribution in [3.63, 3.8) is 0 Å². The van der Waals surface area contributed by atoms with Crippen LogP contribution in [0.5, 0.6) is 5.75 Å². The van der Waals surface area contributed by atoms with Crippen molar-refractivity contribution in [1.82, 2.24) is 20.1 Å². The summed E-state index contributed by atoms with van der Waals surface area (Å²) < 4.78 is 11.2. The maximum absolute atomic E-state index is 6.36. The average Bonchev–Trinajstić information content (AvgIpc) is 3.35. The number of hydrogen-bond acceptors (Lipinski definition) is 5. The lowest BCUT2D eigenvalue weighted by atomic mass is 9.96. The third kappa shape index (κ3) is 3.06. The van der Waals surface area contributed by atoms with Crippen molar-refractivity contribution in [2.24, 2.45) is 0 Å². The monoisotopic (exact) mass is 468 g/mol. The van der Waals surface area contributed by atoms with Gasteiger partial charge in [0.2, 0.25) is 0 Å². The summed E-state index contributed by atoms with van der Waals surface area (Å²) in [6.45, 7) is 5.84. The number of aryl methyl sites for hydroxylation is 3. The van der Waals surface area contributed by atoms with E-state index in [4.69, 9.17) is 25.8 Å².